The van der Waals surface area contributed by atoms with Gasteiger partial charge in [-0.2, -0.15) is 0 Å². The maximum atomic E-state index is 5.62. The van der Waals surface area contributed by atoms with E-state index in [-0.39, 0.29) is 0 Å². The Balaban J connectivity index is 1.92. The van der Waals surface area contributed by atoms with Crippen molar-refractivity contribution in [2.75, 3.05) is 19.6 Å². The van der Waals surface area contributed by atoms with E-state index in [0.717, 1.165) is 24.6 Å². The lowest BCUT2D eigenvalue weighted by atomic mass is 9.95. The summed E-state index contributed by atoms with van der Waals surface area (Å²) in [5.41, 5.74) is 0. The Morgan fingerprint density at radius 3 is 2.95 bits per heavy atom. The normalized spacial score (nSPS) is 22.8. The maximum absolute atomic E-state index is 5.62. The molecule has 0 saturated carbocycles. The lowest BCUT2D eigenvalue weighted by molar-refractivity contribution is 0.105. The highest BCUT2D eigenvalue weighted by Crippen LogP contribution is 2.29. The molecule has 3 nitrogen and oxygen atoms in total. The van der Waals surface area contributed by atoms with Crippen LogP contribution < -0.4 is 5.32 Å². The highest BCUT2D eigenvalue weighted by Gasteiger charge is 2.27. The van der Waals surface area contributed by atoms with Crippen LogP contribution in [0, 0.1) is 5.92 Å². The van der Waals surface area contributed by atoms with Gasteiger partial charge in [-0.1, -0.05) is 20.8 Å². The van der Waals surface area contributed by atoms with Gasteiger partial charge in [-0.3, -0.25) is 4.90 Å². The zero-order chi connectivity index (χ0) is 13.7. The van der Waals surface area contributed by atoms with Gasteiger partial charge in [-0.25, -0.2) is 0 Å². The Morgan fingerprint density at radius 1 is 1.47 bits per heavy atom. The van der Waals surface area contributed by atoms with Crippen LogP contribution in [0.4, 0.5) is 0 Å². The quantitative estimate of drug-likeness (QED) is 0.853. The first-order chi connectivity index (χ1) is 9.20. The number of nitrogens with one attached hydrogen (secondary N) is 1. The third kappa shape index (κ3) is 4.08. The zero-order valence-electron chi connectivity index (χ0n) is 12.6. The van der Waals surface area contributed by atoms with Gasteiger partial charge < -0.3 is 9.73 Å². The summed E-state index contributed by atoms with van der Waals surface area (Å²) in [6.07, 6.45) is 5.57. The van der Waals surface area contributed by atoms with Crippen molar-refractivity contribution in [1.82, 2.24) is 10.2 Å². The average molecular weight is 264 g/mol. The van der Waals surface area contributed by atoms with Crippen LogP contribution in [0.5, 0.6) is 0 Å². The smallest absolute Gasteiger partial charge is 0.120 e. The molecule has 2 unspecified atom stereocenters. The van der Waals surface area contributed by atoms with Crippen LogP contribution >= 0.6 is 0 Å². The molecule has 2 rings (SSSR count). The van der Waals surface area contributed by atoms with Crippen molar-refractivity contribution in [2.24, 2.45) is 5.92 Å². The molecule has 3 heteroatoms. The van der Waals surface area contributed by atoms with Gasteiger partial charge in [0.25, 0.3) is 0 Å². The largest absolute Gasteiger partial charge is 0.468 e. The van der Waals surface area contributed by atoms with E-state index in [4.69, 9.17) is 4.42 Å². The van der Waals surface area contributed by atoms with Crippen molar-refractivity contribution < 1.29 is 4.42 Å². The van der Waals surface area contributed by atoms with Crippen molar-refractivity contribution in [3.05, 3.63) is 24.2 Å². The zero-order valence-corrected chi connectivity index (χ0v) is 12.6. The molecule has 1 saturated heterocycles. The van der Waals surface area contributed by atoms with E-state index >= 15 is 0 Å². The lowest BCUT2D eigenvalue weighted by Gasteiger charge is -2.37. The van der Waals surface area contributed by atoms with E-state index in [2.05, 4.69) is 37.1 Å². The van der Waals surface area contributed by atoms with E-state index in [9.17, 15) is 0 Å². The molecule has 108 valence electrons. The minimum Gasteiger partial charge on any atom is -0.468 e. The summed E-state index contributed by atoms with van der Waals surface area (Å²) in [6, 6.07) is 5.16. The van der Waals surface area contributed by atoms with E-state index in [1.54, 1.807) is 6.26 Å². The molecule has 1 aromatic heterocycles. The topological polar surface area (TPSA) is 28.4 Å². The summed E-state index contributed by atoms with van der Waals surface area (Å²) in [5.74, 6) is 1.90. The van der Waals surface area contributed by atoms with Gasteiger partial charge in [0.2, 0.25) is 0 Å². The van der Waals surface area contributed by atoms with Gasteiger partial charge >= 0.3 is 0 Å². The Morgan fingerprint density at radius 2 is 2.32 bits per heavy atom. The number of piperidine rings is 1. The van der Waals surface area contributed by atoms with Crippen molar-refractivity contribution in [3.63, 3.8) is 0 Å². The molecule has 1 fully saturated rings. The molecule has 1 aromatic rings. The number of furan rings is 1. The number of rotatable bonds is 6. The van der Waals surface area contributed by atoms with E-state index in [0.29, 0.717) is 12.1 Å². The van der Waals surface area contributed by atoms with Crippen LogP contribution in [0.1, 0.15) is 51.8 Å². The second-order valence-corrected chi connectivity index (χ2v) is 6.01. The first-order valence-corrected chi connectivity index (χ1v) is 7.71. The third-order valence-corrected chi connectivity index (χ3v) is 4.06. The van der Waals surface area contributed by atoms with E-state index in [1.165, 1.54) is 25.9 Å². The van der Waals surface area contributed by atoms with Crippen molar-refractivity contribution in [3.8, 4) is 0 Å². The lowest BCUT2D eigenvalue weighted by Crippen LogP contribution is -2.42. The molecule has 0 aromatic carbocycles. The highest BCUT2D eigenvalue weighted by molar-refractivity contribution is 5.05. The average Bonchev–Trinajstić information content (AvgIpc) is 2.92. The number of likely N-dealkylation sites (tertiary alicyclic amines) is 1. The monoisotopic (exact) mass is 264 g/mol. The third-order valence-electron chi connectivity index (χ3n) is 4.06. The molecule has 0 amide bonds. The molecule has 19 heavy (non-hydrogen) atoms. The second-order valence-electron chi connectivity index (χ2n) is 6.01. The van der Waals surface area contributed by atoms with Crippen molar-refractivity contribution in [1.29, 1.82) is 0 Å². The van der Waals surface area contributed by atoms with Gasteiger partial charge in [0.1, 0.15) is 5.76 Å². The predicted molar refractivity (Wildman–Crippen MR) is 79.2 cm³/mol. The SMILES string of the molecule is CCC(c1ccco1)N1CCCC(CNC(C)C)C1. The number of hydrogen-bond donors (Lipinski definition) is 1. The molecule has 2 atom stereocenters. The van der Waals surface area contributed by atoms with Gasteiger partial charge in [0, 0.05) is 12.6 Å². The fourth-order valence-electron chi connectivity index (χ4n) is 3.07. The van der Waals surface area contributed by atoms with Crippen molar-refractivity contribution >= 4 is 0 Å². The molecule has 1 aliphatic heterocycles. The molecular weight excluding hydrogens is 236 g/mol. The van der Waals surface area contributed by atoms with E-state index in [1.807, 2.05) is 6.07 Å². The first kappa shape index (κ1) is 14.6. The summed E-state index contributed by atoms with van der Waals surface area (Å²) in [5, 5.41) is 3.58. The predicted octanol–water partition coefficient (Wildman–Crippen LogP) is 3.44. The Kier molecular flexibility index (Phi) is 5.46. The number of nitrogens with zero attached hydrogens (tertiary/aromatic N) is 1. The fraction of sp³-hybridized carbons (Fsp3) is 0.750. The Hall–Kier alpha value is -0.800. The van der Waals surface area contributed by atoms with E-state index < -0.39 is 0 Å². The van der Waals surface area contributed by atoms with Gasteiger partial charge in [-0.15, -0.1) is 0 Å². The molecule has 2 heterocycles. The van der Waals surface area contributed by atoms with Gasteiger partial charge in [0.05, 0.1) is 12.3 Å². The molecule has 0 aliphatic carbocycles. The Bertz CT molecular complexity index is 348. The summed E-state index contributed by atoms with van der Waals surface area (Å²) in [4.78, 5) is 2.61. The second kappa shape index (κ2) is 7.11. The molecule has 0 spiro atoms. The van der Waals surface area contributed by atoms with Gasteiger partial charge in [0.15, 0.2) is 0 Å². The summed E-state index contributed by atoms with van der Waals surface area (Å²) >= 11 is 0. The molecular formula is C16H28N2O. The summed E-state index contributed by atoms with van der Waals surface area (Å²) in [7, 11) is 0. The molecule has 1 aliphatic rings. The first-order valence-electron chi connectivity index (χ1n) is 7.71. The highest BCUT2D eigenvalue weighted by atomic mass is 16.3. The standard InChI is InChI=1S/C16H28N2O/c1-4-15(16-8-6-10-19-16)18-9-5-7-14(12-18)11-17-13(2)3/h6,8,10,13-15,17H,4-5,7,9,11-12H2,1-3H3. The number of hydrogen-bond acceptors (Lipinski definition) is 3. The van der Waals surface area contributed by atoms with Crippen LogP contribution in [-0.4, -0.2) is 30.6 Å². The van der Waals surface area contributed by atoms with Crippen LogP contribution in [-0.2, 0) is 0 Å². The summed E-state index contributed by atoms with van der Waals surface area (Å²) in [6.45, 7) is 10.2. The summed E-state index contributed by atoms with van der Waals surface area (Å²) < 4.78 is 5.62. The minimum absolute atomic E-state index is 0.455. The molecule has 0 bridgehead atoms. The fourth-order valence-corrected chi connectivity index (χ4v) is 3.07. The van der Waals surface area contributed by atoms with Crippen molar-refractivity contribution in [2.45, 2.75) is 52.1 Å². The molecule has 0 radical (unpaired) electrons. The van der Waals surface area contributed by atoms with Gasteiger partial charge in [-0.05, 0) is 50.4 Å². The van der Waals surface area contributed by atoms with Crippen LogP contribution in [0.25, 0.3) is 0 Å². The minimum atomic E-state index is 0.455. The maximum Gasteiger partial charge on any atom is 0.120 e. The molecule has 1 N–H and O–H groups in total. The van der Waals surface area contributed by atoms with Crippen LogP contribution in [0.15, 0.2) is 22.8 Å². The Labute approximate surface area is 117 Å². The van der Waals surface area contributed by atoms with Crippen LogP contribution in [0.2, 0.25) is 0 Å². The van der Waals surface area contributed by atoms with Crippen LogP contribution in [0.3, 0.4) is 0 Å².